The summed E-state index contributed by atoms with van der Waals surface area (Å²) in [6.45, 7) is 0.635. The molecule has 1 aliphatic heterocycles. The second-order valence-corrected chi connectivity index (χ2v) is 7.35. The van der Waals surface area contributed by atoms with Crippen LogP contribution in [0.3, 0.4) is 0 Å². The molecule has 4 rings (SSSR count). The third-order valence-corrected chi connectivity index (χ3v) is 5.41. The van der Waals surface area contributed by atoms with Crippen LogP contribution in [0.2, 0.25) is 0 Å². The van der Waals surface area contributed by atoms with Crippen LogP contribution in [0.25, 0.3) is 11.1 Å². The number of amides is 1. The maximum Gasteiger partial charge on any atom is 0.407 e. The first-order valence-electron chi connectivity index (χ1n) is 10.00. The summed E-state index contributed by atoms with van der Waals surface area (Å²) < 4.78 is 6.27. The lowest BCUT2D eigenvalue weighted by atomic mass is 9.96. The maximum absolute atomic E-state index is 12.4. The summed E-state index contributed by atoms with van der Waals surface area (Å²) in [5.41, 5.74) is 3.81. The Bertz CT molecular complexity index is 1030. The van der Waals surface area contributed by atoms with Gasteiger partial charge in [0.25, 0.3) is 0 Å². The zero-order valence-corrected chi connectivity index (χ0v) is 16.5. The standard InChI is InChI=1S/C25H23NO4/c27-23-14-15-26(25(28)29)22(23)16-20-12-7-13-21(19-10-5-2-6-11-19)24(20)30-17-18-8-3-1-4-9-18/h1-13,22H,14-17H2,(H,28,29). The van der Waals surface area contributed by atoms with Gasteiger partial charge in [-0.2, -0.15) is 0 Å². The summed E-state index contributed by atoms with van der Waals surface area (Å²) in [5, 5.41) is 9.48. The first-order valence-corrected chi connectivity index (χ1v) is 10.00. The van der Waals surface area contributed by atoms with E-state index in [9.17, 15) is 14.7 Å². The molecule has 1 aliphatic rings. The lowest BCUT2D eigenvalue weighted by molar-refractivity contribution is -0.119. The van der Waals surface area contributed by atoms with Crippen LogP contribution in [0, 0.1) is 0 Å². The number of ketones is 1. The van der Waals surface area contributed by atoms with Gasteiger partial charge in [-0.1, -0.05) is 78.9 Å². The minimum atomic E-state index is -1.06. The zero-order valence-electron chi connectivity index (χ0n) is 16.5. The number of benzene rings is 3. The molecule has 1 heterocycles. The van der Waals surface area contributed by atoms with Crippen molar-refractivity contribution in [2.24, 2.45) is 0 Å². The fraction of sp³-hybridized carbons (Fsp3) is 0.200. The van der Waals surface area contributed by atoms with E-state index in [1.165, 1.54) is 4.90 Å². The van der Waals surface area contributed by atoms with Crippen molar-refractivity contribution in [2.75, 3.05) is 6.54 Å². The van der Waals surface area contributed by atoms with E-state index < -0.39 is 12.1 Å². The number of Topliss-reactive ketones (excluding diaryl/α,β-unsaturated/α-hetero) is 1. The molecule has 1 saturated heterocycles. The van der Waals surface area contributed by atoms with Crippen molar-refractivity contribution in [1.82, 2.24) is 4.90 Å². The maximum atomic E-state index is 12.4. The number of ether oxygens (including phenoxy) is 1. The molecule has 0 spiro atoms. The number of para-hydroxylation sites is 1. The number of hydrogen-bond donors (Lipinski definition) is 1. The highest BCUT2D eigenvalue weighted by Gasteiger charge is 2.36. The van der Waals surface area contributed by atoms with Gasteiger partial charge in [-0.15, -0.1) is 0 Å². The van der Waals surface area contributed by atoms with Crippen molar-refractivity contribution in [3.63, 3.8) is 0 Å². The summed E-state index contributed by atoms with van der Waals surface area (Å²) in [5.74, 6) is 0.647. The molecular weight excluding hydrogens is 378 g/mol. The Kier molecular flexibility index (Phi) is 5.80. The topological polar surface area (TPSA) is 66.8 Å². The first-order chi connectivity index (χ1) is 14.6. The molecule has 0 aromatic heterocycles. The van der Waals surface area contributed by atoms with Crippen LogP contribution in [-0.2, 0) is 17.8 Å². The molecule has 1 N–H and O–H groups in total. The number of rotatable bonds is 6. The minimum Gasteiger partial charge on any atom is -0.488 e. The number of carbonyl (C=O) groups excluding carboxylic acids is 1. The van der Waals surface area contributed by atoms with Gasteiger partial charge in [-0.05, 0) is 16.7 Å². The lowest BCUT2D eigenvalue weighted by Crippen LogP contribution is -2.38. The van der Waals surface area contributed by atoms with Crippen molar-refractivity contribution >= 4 is 11.9 Å². The second kappa shape index (κ2) is 8.82. The van der Waals surface area contributed by atoms with Crippen molar-refractivity contribution in [2.45, 2.75) is 25.5 Å². The number of hydrogen-bond acceptors (Lipinski definition) is 3. The van der Waals surface area contributed by atoms with Crippen LogP contribution in [0.5, 0.6) is 5.75 Å². The van der Waals surface area contributed by atoms with Crippen LogP contribution < -0.4 is 4.74 Å². The Balaban J connectivity index is 1.70. The molecule has 5 heteroatoms. The minimum absolute atomic E-state index is 0.0449. The van der Waals surface area contributed by atoms with Crippen molar-refractivity contribution in [1.29, 1.82) is 0 Å². The molecule has 1 atom stereocenters. The van der Waals surface area contributed by atoms with Gasteiger partial charge in [0.2, 0.25) is 0 Å². The Labute approximate surface area is 175 Å². The molecule has 0 radical (unpaired) electrons. The van der Waals surface area contributed by atoms with Crippen LogP contribution >= 0.6 is 0 Å². The fourth-order valence-corrected chi connectivity index (χ4v) is 3.88. The summed E-state index contributed by atoms with van der Waals surface area (Å²) in [4.78, 5) is 25.2. The van der Waals surface area contributed by atoms with Crippen molar-refractivity contribution in [3.8, 4) is 16.9 Å². The highest BCUT2D eigenvalue weighted by molar-refractivity contribution is 5.90. The molecule has 1 unspecified atom stereocenters. The molecule has 1 fully saturated rings. The predicted molar refractivity (Wildman–Crippen MR) is 114 cm³/mol. The van der Waals surface area contributed by atoms with Gasteiger partial charge in [-0.3, -0.25) is 9.69 Å². The van der Waals surface area contributed by atoms with Gasteiger partial charge in [0.15, 0.2) is 5.78 Å². The lowest BCUT2D eigenvalue weighted by Gasteiger charge is -2.22. The van der Waals surface area contributed by atoms with Gasteiger partial charge in [0, 0.05) is 24.9 Å². The number of likely N-dealkylation sites (tertiary alicyclic amines) is 1. The molecule has 3 aromatic carbocycles. The smallest absolute Gasteiger partial charge is 0.407 e. The first kappa shape index (κ1) is 19.7. The van der Waals surface area contributed by atoms with Gasteiger partial charge in [0.05, 0.1) is 6.04 Å². The number of nitrogens with zero attached hydrogens (tertiary/aromatic N) is 1. The van der Waals surface area contributed by atoms with Crippen LogP contribution in [0.15, 0.2) is 78.9 Å². The van der Waals surface area contributed by atoms with Gasteiger partial charge >= 0.3 is 6.09 Å². The average Bonchev–Trinajstić information content (AvgIpc) is 3.14. The summed E-state index contributed by atoms with van der Waals surface area (Å²) >= 11 is 0. The molecule has 0 bridgehead atoms. The highest BCUT2D eigenvalue weighted by Crippen LogP contribution is 2.35. The van der Waals surface area contributed by atoms with Crippen molar-refractivity contribution < 1.29 is 19.4 Å². The van der Waals surface area contributed by atoms with E-state index in [4.69, 9.17) is 4.74 Å². The van der Waals surface area contributed by atoms with E-state index in [1.807, 2.05) is 78.9 Å². The van der Waals surface area contributed by atoms with Crippen molar-refractivity contribution in [3.05, 3.63) is 90.0 Å². The van der Waals surface area contributed by atoms with E-state index in [1.54, 1.807) is 0 Å². The Morgan fingerprint density at radius 1 is 0.967 bits per heavy atom. The third kappa shape index (κ3) is 4.20. The van der Waals surface area contributed by atoms with E-state index in [0.717, 1.165) is 22.3 Å². The Morgan fingerprint density at radius 2 is 1.67 bits per heavy atom. The van der Waals surface area contributed by atoms with Gasteiger partial charge in [0.1, 0.15) is 12.4 Å². The average molecular weight is 401 g/mol. The van der Waals surface area contributed by atoms with Gasteiger partial charge in [-0.25, -0.2) is 4.79 Å². The zero-order chi connectivity index (χ0) is 20.9. The largest absolute Gasteiger partial charge is 0.488 e. The van der Waals surface area contributed by atoms with Crippen LogP contribution in [-0.4, -0.2) is 34.5 Å². The van der Waals surface area contributed by atoms with E-state index in [-0.39, 0.29) is 18.7 Å². The monoisotopic (exact) mass is 401 g/mol. The Morgan fingerprint density at radius 3 is 2.37 bits per heavy atom. The van der Waals surface area contributed by atoms with Crippen LogP contribution in [0.1, 0.15) is 17.5 Å². The summed E-state index contributed by atoms with van der Waals surface area (Å²) in [7, 11) is 0. The Hall–Kier alpha value is -3.60. The van der Waals surface area contributed by atoms with E-state index in [0.29, 0.717) is 18.8 Å². The predicted octanol–water partition coefficient (Wildman–Crippen LogP) is 4.80. The number of carboxylic acid groups (broad SMARTS) is 1. The normalized spacial score (nSPS) is 15.9. The summed E-state index contributed by atoms with van der Waals surface area (Å²) in [6, 6.07) is 25.0. The molecule has 0 saturated carbocycles. The third-order valence-electron chi connectivity index (χ3n) is 5.41. The van der Waals surface area contributed by atoms with Crippen LogP contribution in [0.4, 0.5) is 4.79 Å². The molecule has 30 heavy (non-hydrogen) atoms. The second-order valence-electron chi connectivity index (χ2n) is 7.35. The molecule has 0 aliphatic carbocycles. The van der Waals surface area contributed by atoms with E-state index >= 15 is 0 Å². The molecule has 5 nitrogen and oxygen atoms in total. The molecule has 1 amide bonds. The quantitative estimate of drug-likeness (QED) is 0.644. The molecule has 152 valence electrons. The SMILES string of the molecule is O=C1CCN(C(=O)O)C1Cc1cccc(-c2ccccc2)c1OCc1ccccc1. The summed E-state index contributed by atoms with van der Waals surface area (Å²) in [6.07, 6.45) is -0.498. The fourth-order valence-electron chi connectivity index (χ4n) is 3.88. The molecular formula is C25H23NO4. The van der Waals surface area contributed by atoms with Gasteiger partial charge < -0.3 is 9.84 Å². The highest BCUT2D eigenvalue weighted by atomic mass is 16.5. The molecule has 3 aromatic rings. The van der Waals surface area contributed by atoms with E-state index in [2.05, 4.69) is 0 Å². The number of carbonyl (C=O) groups is 2.